The van der Waals surface area contributed by atoms with Crippen LogP contribution in [0, 0.1) is 5.92 Å². The van der Waals surface area contributed by atoms with Crippen molar-refractivity contribution < 1.29 is 5.11 Å². The van der Waals surface area contributed by atoms with Crippen LogP contribution in [-0.2, 0) is 13.1 Å². The monoisotopic (exact) mass is 346 g/mol. The zero-order valence-electron chi connectivity index (χ0n) is 14.6. The molecule has 2 bridgehead atoms. The Morgan fingerprint density at radius 2 is 1.85 bits per heavy atom. The molecule has 0 saturated carbocycles. The Labute approximate surface area is 152 Å². The van der Waals surface area contributed by atoms with Crippen molar-refractivity contribution in [2.45, 2.75) is 25.4 Å². The maximum atomic E-state index is 12.2. The lowest BCUT2D eigenvalue weighted by Crippen LogP contribution is -2.46. The van der Waals surface area contributed by atoms with Crippen LogP contribution in [0.25, 0.3) is 10.8 Å². The molecule has 132 valence electrons. The molecule has 1 fully saturated rings. The Balaban J connectivity index is 1.47. The van der Waals surface area contributed by atoms with Crippen LogP contribution in [0.5, 0.6) is 5.75 Å². The molecule has 0 unspecified atom stereocenters. The number of piperidine rings is 1. The minimum absolute atomic E-state index is 0.123. The molecule has 4 heteroatoms. The van der Waals surface area contributed by atoms with Crippen LogP contribution in [0.4, 0.5) is 0 Å². The first kappa shape index (κ1) is 15.6. The summed E-state index contributed by atoms with van der Waals surface area (Å²) in [6, 6.07) is 17.7. The lowest BCUT2D eigenvalue weighted by atomic mass is 9.83. The van der Waals surface area contributed by atoms with Crippen LogP contribution in [0.3, 0.4) is 0 Å². The first-order valence-corrected chi connectivity index (χ1v) is 9.31. The van der Waals surface area contributed by atoms with Crippen LogP contribution in [-0.4, -0.2) is 27.7 Å². The number of aromatic hydroxyl groups is 1. The number of likely N-dealkylation sites (tertiary alicyclic amines) is 1. The lowest BCUT2D eigenvalue weighted by Gasteiger charge is -2.43. The molecule has 2 atom stereocenters. The highest BCUT2D eigenvalue weighted by Crippen LogP contribution is 2.37. The van der Waals surface area contributed by atoms with Crippen LogP contribution >= 0.6 is 0 Å². The summed E-state index contributed by atoms with van der Waals surface area (Å²) in [4.78, 5) is 14.6. The smallest absolute Gasteiger partial charge is 0.250 e. The average Bonchev–Trinajstić information content (AvgIpc) is 2.65. The molecule has 26 heavy (non-hydrogen) atoms. The second-order valence-corrected chi connectivity index (χ2v) is 7.68. The van der Waals surface area contributed by atoms with Crippen LogP contribution in [0.15, 0.2) is 59.4 Å². The van der Waals surface area contributed by atoms with Crippen molar-refractivity contribution in [2.24, 2.45) is 5.92 Å². The summed E-state index contributed by atoms with van der Waals surface area (Å²) >= 11 is 0. The number of benzene rings is 2. The van der Waals surface area contributed by atoms with Crippen molar-refractivity contribution in [3.8, 4) is 5.75 Å². The first-order chi connectivity index (χ1) is 12.7. The van der Waals surface area contributed by atoms with Gasteiger partial charge in [-0.25, -0.2) is 0 Å². The molecule has 5 rings (SSSR count). The van der Waals surface area contributed by atoms with E-state index in [1.165, 1.54) is 5.69 Å². The molecular formula is C22H22N2O2. The second-order valence-electron chi connectivity index (χ2n) is 7.68. The molecule has 1 aromatic heterocycles. The van der Waals surface area contributed by atoms with Gasteiger partial charge in [-0.1, -0.05) is 36.4 Å². The van der Waals surface area contributed by atoms with Gasteiger partial charge in [0.25, 0.3) is 5.56 Å². The van der Waals surface area contributed by atoms with Crippen molar-refractivity contribution in [1.82, 2.24) is 9.47 Å². The van der Waals surface area contributed by atoms with Crippen molar-refractivity contribution in [1.29, 1.82) is 0 Å². The summed E-state index contributed by atoms with van der Waals surface area (Å²) < 4.78 is 1.96. The van der Waals surface area contributed by atoms with Gasteiger partial charge in [-0.2, -0.15) is 0 Å². The van der Waals surface area contributed by atoms with Gasteiger partial charge >= 0.3 is 0 Å². The SMILES string of the molecule is O=c1cccc2n1C[C@@H]1C[C@@H]2CN(Cc2c(O)ccc3ccccc23)C1. The minimum atomic E-state index is 0.123. The number of hydrogen-bond acceptors (Lipinski definition) is 3. The lowest BCUT2D eigenvalue weighted by molar-refractivity contribution is 0.114. The van der Waals surface area contributed by atoms with E-state index in [4.69, 9.17) is 0 Å². The van der Waals surface area contributed by atoms with E-state index in [2.05, 4.69) is 23.1 Å². The highest BCUT2D eigenvalue weighted by atomic mass is 16.3. The predicted octanol–water partition coefficient (Wildman–Crippen LogP) is 3.33. The molecule has 0 amide bonds. The number of hydrogen-bond donors (Lipinski definition) is 1. The summed E-state index contributed by atoms with van der Waals surface area (Å²) in [6.45, 7) is 3.46. The van der Waals surface area contributed by atoms with Gasteiger partial charge in [0.1, 0.15) is 5.75 Å². The number of phenols is 1. The molecule has 1 saturated heterocycles. The molecule has 4 nitrogen and oxygen atoms in total. The van der Waals surface area contributed by atoms with Crippen molar-refractivity contribution in [3.05, 3.63) is 76.2 Å². The minimum Gasteiger partial charge on any atom is -0.508 e. The van der Waals surface area contributed by atoms with E-state index in [-0.39, 0.29) is 5.56 Å². The molecule has 1 N–H and O–H groups in total. The van der Waals surface area contributed by atoms with Gasteiger partial charge in [0.05, 0.1) is 0 Å². The normalized spacial score (nSPS) is 22.3. The fourth-order valence-corrected chi connectivity index (χ4v) is 4.84. The molecule has 0 aliphatic carbocycles. The quantitative estimate of drug-likeness (QED) is 0.774. The first-order valence-electron chi connectivity index (χ1n) is 9.31. The van der Waals surface area contributed by atoms with Gasteiger partial charge in [-0.05, 0) is 35.2 Å². The molecule has 3 aromatic rings. The standard InChI is InChI=1S/C22H22N2O2/c25-21-9-8-16-4-1-2-5-18(16)19(21)14-23-11-15-10-17(13-23)20-6-3-7-22(26)24(20)12-15/h1-9,15,17,25H,10-14H2/t15-,17-/m1/s1. The van der Waals surface area contributed by atoms with E-state index >= 15 is 0 Å². The van der Waals surface area contributed by atoms with Gasteiger partial charge in [0, 0.05) is 49.4 Å². The number of rotatable bonds is 2. The average molecular weight is 346 g/mol. The van der Waals surface area contributed by atoms with E-state index < -0.39 is 0 Å². The molecule has 2 aliphatic rings. The summed E-state index contributed by atoms with van der Waals surface area (Å²) in [5.41, 5.74) is 2.30. The number of pyridine rings is 1. The Morgan fingerprint density at radius 1 is 0.962 bits per heavy atom. The van der Waals surface area contributed by atoms with Gasteiger partial charge in [0.15, 0.2) is 0 Å². The van der Waals surface area contributed by atoms with E-state index in [9.17, 15) is 9.90 Å². The molecule has 2 aromatic carbocycles. The summed E-state index contributed by atoms with van der Waals surface area (Å²) in [7, 11) is 0. The van der Waals surface area contributed by atoms with E-state index in [1.54, 1.807) is 12.1 Å². The molecule has 3 heterocycles. The van der Waals surface area contributed by atoms with Gasteiger partial charge in [0.2, 0.25) is 0 Å². The Hall–Kier alpha value is -2.59. The second kappa shape index (κ2) is 5.99. The third-order valence-electron chi connectivity index (χ3n) is 5.95. The molecule has 0 spiro atoms. The van der Waals surface area contributed by atoms with E-state index in [0.717, 1.165) is 48.9 Å². The molecule has 0 radical (unpaired) electrons. The van der Waals surface area contributed by atoms with Crippen molar-refractivity contribution >= 4 is 10.8 Å². The Kier molecular flexibility index (Phi) is 3.61. The fraction of sp³-hybridized carbons (Fsp3) is 0.318. The zero-order valence-corrected chi connectivity index (χ0v) is 14.6. The summed E-state index contributed by atoms with van der Waals surface area (Å²) in [5, 5.41) is 12.8. The number of fused-ring (bicyclic) bond motifs is 5. The summed E-state index contributed by atoms with van der Waals surface area (Å²) in [6.07, 6.45) is 1.15. The fourth-order valence-electron chi connectivity index (χ4n) is 4.84. The zero-order chi connectivity index (χ0) is 17.7. The van der Waals surface area contributed by atoms with E-state index in [1.807, 2.05) is 28.8 Å². The number of aromatic nitrogens is 1. The highest BCUT2D eigenvalue weighted by Gasteiger charge is 2.34. The van der Waals surface area contributed by atoms with Crippen LogP contribution in [0.1, 0.15) is 23.6 Å². The van der Waals surface area contributed by atoms with E-state index in [0.29, 0.717) is 17.6 Å². The predicted molar refractivity (Wildman–Crippen MR) is 102 cm³/mol. The van der Waals surface area contributed by atoms with Crippen LogP contribution < -0.4 is 5.56 Å². The third kappa shape index (κ3) is 2.53. The highest BCUT2D eigenvalue weighted by molar-refractivity contribution is 5.87. The van der Waals surface area contributed by atoms with Crippen LogP contribution in [0.2, 0.25) is 0 Å². The third-order valence-corrected chi connectivity index (χ3v) is 5.95. The Morgan fingerprint density at radius 3 is 2.77 bits per heavy atom. The van der Waals surface area contributed by atoms with Gasteiger partial charge < -0.3 is 9.67 Å². The molecular weight excluding hydrogens is 324 g/mol. The van der Waals surface area contributed by atoms with Gasteiger partial charge in [-0.15, -0.1) is 0 Å². The number of phenolic OH excluding ortho intramolecular Hbond substituents is 1. The molecule has 2 aliphatic heterocycles. The van der Waals surface area contributed by atoms with Crippen molar-refractivity contribution in [2.75, 3.05) is 13.1 Å². The number of nitrogens with zero attached hydrogens (tertiary/aromatic N) is 2. The van der Waals surface area contributed by atoms with Crippen molar-refractivity contribution in [3.63, 3.8) is 0 Å². The summed E-state index contributed by atoms with van der Waals surface area (Å²) in [5.74, 6) is 1.27. The topological polar surface area (TPSA) is 45.5 Å². The maximum absolute atomic E-state index is 12.2. The largest absolute Gasteiger partial charge is 0.508 e. The maximum Gasteiger partial charge on any atom is 0.250 e. The van der Waals surface area contributed by atoms with Gasteiger partial charge in [-0.3, -0.25) is 9.69 Å². The Bertz CT molecular complexity index is 1040.